The van der Waals surface area contributed by atoms with Crippen LogP contribution >= 0.6 is 0 Å². The van der Waals surface area contributed by atoms with E-state index in [1.54, 1.807) is 16.8 Å². The van der Waals surface area contributed by atoms with Crippen LogP contribution in [0.25, 0.3) is 5.69 Å². The number of nitrogens with zero attached hydrogens (tertiary/aromatic N) is 3. The number of carbonyl (C=O) groups is 1. The third-order valence-electron chi connectivity index (χ3n) is 5.81. The molecule has 1 aliphatic rings. The molecule has 30 heavy (non-hydrogen) atoms. The molecule has 0 saturated carbocycles. The molecule has 156 valence electrons. The standard InChI is InChI=1S/C24H27FN4O/c1-17-23(18(2)29(27-17)21-12-10-20(25)11-13-21)24(30)26-16-22(28-14-6-7-15-28)19-8-4-3-5-9-19/h3-5,8-13,22H,6-7,14-16H2,1-2H3,(H,26,30). The van der Waals surface area contributed by atoms with Crippen molar-refractivity contribution in [2.24, 2.45) is 0 Å². The Labute approximate surface area is 176 Å². The summed E-state index contributed by atoms with van der Waals surface area (Å²) >= 11 is 0. The molecule has 6 heteroatoms. The minimum atomic E-state index is -0.299. The second-order valence-electron chi connectivity index (χ2n) is 7.81. The molecule has 2 heterocycles. The zero-order chi connectivity index (χ0) is 21.1. The van der Waals surface area contributed by atoms with Crippen molar-refractivity contribution in [3.05, 3.63) is 82.9 Å². The van der Waals surface area contributed by atoms with Crippen molar-refractivity contribution in [3.8, 4) is 5.69 Å². The zero-order valence-corrected chi connectivity index (χ0v) is 17.4. The molecule has 1 aliphatic heterocycles. The quantitative estimate of drug-likeness (QED) is 0.668. The van der Waals surface area contributed by atoms with Gasteiger partial charge >= 0.3 is 0 Å². The molecule has 1 aromatic heterocycles. The van der Waals surface area contributed by atoms with E-state index in [9.17, 15) is 9.18 Å². The molecule has 2 aromatic carbocycles. The van der Waals surface area contributed by atoms with Crippen molar-refractivity contribution in [1.29, 1.82) is 0 Å². The van der Waals surface area contributed by atoms with E-state index in [1.165, 1.54) is 30.5 Å². The van der Waals surface area contributed by atoms with Gasteiger partial charge in [0.1, 0.15) is 5.82 Å². The maximum Gasteiger partial charge on any atom is 0.255 e. The largest absolute Gasteiger partial charge is 0.350 e. The SMILES string of the molecule is Cc1nn(-c2ccc(F)cc2)c(C)c1C(=O)NCC(c1ccccc1)N1CCCC1. The lowest BCUT2D eigenvalue weighted by molar-refractivity contribution is 0.0936. The summed E-state index contributed by atoms with van der Waals surface area (Å²) in [4.78, 5) is 15.5. The summed E-state index contributed by atoms with van der Waals surface area (Å²) in [6.45, 7) is 6.35. The number of aromatic nitrogens is 2. The summed E-state index contributed by atoms with van der Waals surface area (Å²) < 4.78 is 15.0. The van der Waals surface area contributed by atoms with E-state index in [1.807, 2.05) is 32.0 Å². The Morgan fingerprint density at radius 3 is 2.40 bits per heavy atom. The highest BCUT2D eigenvalue weighted by Crippen LogP contribution is 2.25. The molecule has 0 spiro atoms. The van der Waals surface area contributed by atoms with Crippen molar-refractivity contribution in [3.63, 3.8) is 0 Å². The molecular weight excluding hydrogens is 379 g/mol. The Kier molecular flexibility index (Phi) is 5.95. The molecule has 0 bridgehead atoms. The van der Waals surface area contributed by atoms with Crippen LogP contribution in [0.1, 0.15) is 46.2 Å². The number of halogens is 1. The highest BCUT2D eigenvalue weighted by Gasteiger charge is 2.25. The van der Waals surface area contributed by atoms with E-state index in [0.717, 1.165) is 24.5 Å². The summed E-state index contributed by atoms with van der Waals surface area (Å²) in [5.74, 6) is -0.425. The molecule has 1 fully saturated rings. The summed E-state index contributed by atoms with van der Waals surface area (Å²) in [5.41, 5.74) is 3.93. The molecule has 1 atom stereocenters. The maximum absolute atomic E-state index is 13.3. The van der Waals surface area contributed by atoms with Gasteiger partial charge in [-0.05, 0) is 69.6 Å². The number of hydrogen-bond acceptors (Lipinski definition) is 3. The van der Waals surface area contributed by atoms with Crippen LogP contribution in [-0.4, -0.2) is 40.2 Å². The average molecular weight is 407 g/mol. The van der Waals surface area contributed by atoms with Crippen LogP contribution in [0.15, 0.2) is 54.6 Å². The van der Waals surface area contributed by atoms with Crippen LogP contribution in [0.5, 0.6) is 0 Å². The molecule has 1 saturated heterocycles. The summed E-state index contributed by atoms with van der Waals surface area (Å²) in [6, 6.07) is 16.6. The lowest BCUT2D eigenvalue weighted by Gasteiger charge is -2.28. The summed E-state index contributed by atoms with van der Waals surface area (Å²) in [6.07, 6.45) is 2.39. The van der Waals surface area contributed by atoms with Gasteiger partial charge in [-0.3, -0.25) is 9.69 Å². The number of nitrogens with one attached hydrogen (secondary N) is 1. The number of hydrogen-bond donors (Lipinski definition) is 1. The van der Waals surface area contributed by atoms with Crippen molar-refractivity contribution in [2.45, 2.75) is 32.7 Å². The molecule has 3 aromatic rings. The van der Waals surface area contributed by atoms with Crippen molar-refractivity contribution >= 4 is 5.91 Å². The smallest absolute Gasteiger partial charge is 0.255 e. The predicted octanol–water partition coefficient (Wildman–Crippen LogP) is 4.20. The van der Waals surface area contributed by atoms with Gasteiger partial charge in [-0.15, -0.1) is 0 Å². The minimum Gasteiger partial charge on any atom is -0.350 e. The Balaban J connectivity index is 1.54. The van der Waals surface area contributed by atoms with E-state index < -0.39 is 0 Å². The fourth-order valence-corrected chi connectivity index (χ4v) is 4.27. The first-order chi connectivity index (χ1) is 14.5. The van der Waals surface area contributed by atoms with Crippen molar-refractivity contribution < 1.29 is 9.18 Å². The highest BCUT2D eigenvalue weighted by molar-refractivity contribution is 5.96. The normalized spacial score (nSPS) is 15.3. The Bertz CT molecular complexity index is 1010. The molecule has 0 aliphatic carbocycles. The molecule has 1 N–H and O–H groups in total. The average Bonchev–Trinajstić information content (AvgIpc) is 3.38. The molecule has 0 radical (unpaired) electrons. The molecular formula is C24H27FN4O. The minimum absolute atomic E-state index is 0.126. The molecule has 5 nitrogen and oxygen atoms in total. The number of likely N-dealkylation sites (tertiary alicyclic amines) is 1. The first-order valence-corrected chi connectivity index (χ1v) is 10.4. The van der Waals surface area contributed by atoms with Gasteiger partial charge in [0.05, 0.1) is 28.7 Å². The lowest BCUT2D eigenvalue weighted by Crippen LogP contribution is -2.37. The molecule has 1 amide bonds. The van der Waals surface area contributed by atoms with Crippen LogP contribution in [0.4, 0.5) is 4.39 Å². The van der Waals surface area contributed by atoms with Crippen LogP contribution < -0.4 is 5.32 Å². The number of benzene rings is 2. The number of carbonyl (C=O) groups excluding carboxylic acids is 1. The third-order valence-corrected chi connectivity index (χ3v) is 5.81. The highest BCUT2D eigenvalue weighted by atomic mass is 19.1. The van der Waals surface area contributed by atoms with Crippen LogP contribution in [0, 0.1) is 19.7 Å². The van der Waals surface area contributed by atoms with E-state index in [-0.39, 0.29) is 17.8 Å². The first kappa shape index (κ1) is 20.3. The monoisotopic (exact) mass is 406 g/mol. The van der Waals surface area contributed by atoms with Crippen molar-refractivity contribution in [2.75, 3.05) is 19.6 Å². The number of amides is 1. The molecule has 4 rings (SSSR count). The van der Waals surface area contributed by atoms with Gasteiger partial charge in [-0.25, -0.2) is 9.07 Å². The molecule has 1 unspecified atom stereocenters. The Morgan fingerprint density at radius 1 is 1.07 bits per heavy atom. The van der Waals surface area contributed by atoms with Crippen LogP contribution in [-0.2, 0) is 0 Å². The van der Waals surface area contributed by atoms with Gasteiger partial charge in [-0.2, -0.15) is 5.10 Å². The Hall–Kier alpha value is -2.99. The Morgan fingerprint density at radius 2 is 1.73 bits per heavy atom. The number of aryl methyl sites for hydroxylation is 1. The fourth-order valence-electron chi connectivity index (χ4n) is 4.27. The van der Waals surface area contributed by atoms with Gasteiger partial charge in [0.2, 0.25) is 0 Å². The summed E-state index contributed by atoms with van der Waals surface area (Å²) in [7, 11) is 0. The van der Waals surface area contributed by atoms with Gasteiger partial charge in [0.15, 0.2) is 0 Å². The lowest BCUT2D eigenvalue weighted by atomic mass is 10.1. The first-order valence-electron chi connectivity index (χ1n) is 10.4. The zero-order valence-electron chi connectivity index (χ0n) is 17.4. The van der Waals surface area contributed by atoms with Gasteiger partial charge in [0, 0.05) is 6.54 Å². The van der Waals surface area contributed by atoms with E-state index in [4.69, 9.17) is 0 Å². The fraction of sp³-hybridized carbons (Fsp3) is 0.333. The van der Waals surface area contributed by atoms with E-state index >= 15 is 0 Å². The van der Waals surface area contributed by atoms with Gasteiger partial charge in [-0.1, -0.05) is 30.3 Å². The van der Waals surface area contributed by atoms with Crippen LogP contribution in [0.3, 0.4) is 0 Å². The second-order valence-corrected chi connectivity index (χ2v) is 7.81. The van der Waals surface area contributed by atoms with Gasteiger partial charge in [0.25, 0.3) is 5.91 Å². The van der Waals surface area contributed by atoms with E-state index in [0.29, 0.717) is 17.8 Å². The maximum atomic E-state index is 13.3. The van der Waals surface area contributed by atoms with E-state index in [2.05, 4.69) is 27.4 Å². The third kappa shape index (κ3) is 4.14. The topological polar surface area (TPSA) is 50.2 Å². The predicted molar refractivity (Wildman–Crippen MR) is 115 cm³/mol. The van der Waals surface area contributed by atoms with Gasteiger partial charge < -0.3 is 5.32 Å². The second kappa shape index (κ2) is 8.79. The number of rotatable bonds is 6. The summed E-state index contributed by atoms with van der Waals surface area (Å²) in [5, 5.41) is 7.65. The van der Waals surface area contributed by atoms with Crippen molar-refractivity contribution in [1.82, 2.24) is 20.0 Å². The van der Waals surface area contributed by atoms with Crippen LogP contribution in [0.2, 0.25) is 0 Å².